The quantitative estimate of drug-likeness (QED) is 0.172. The lowest BCUT2D eigenvalue weighted by Crippen LogP contribution is -2.36. The SMILES string of the molecule is CCCCCn1c(SCC(=O)c2ccccc2)nc2cc(C(=O)NC3CCCCC3)ccc2c1=O. The topological polar surface area (TPSA) is 81.1 Å². The third-order valence-electron chi connectivity index (χ3n) is 6.54. The van der Waals surface area contributed by atoms with Crippen LogP contribution in [0.1, 0.15) is 79.0 Å². The third-order valence-corrected chi connectivity index (χ3v) is 7.51. The standard InChI is InChI=1S/C28H33N3O3S/c1-2-3-10-17-31-27(34)23-16-15-21(26(33)29-22-13-8-5-9-14-22)18-24(23)30-28(31)35-19-25(32)20-11-6-4-7-12-20/h4,6-7,11-12,15-16,18,22H,2-3,5,8-10,13-14,17,19H2,1H3,(H,29,33). The number of benzene rings is 2. The fourth-order valence-corrected chi connectivity index (χ4v) is 5.44. The maximum absolute atomic E-state index is 13.4. The number of amides is 1. The number of aromatic nitrogens is 2. The van der Waals surface area contributed by atoms with Gasteiger partial charge in [-0.05, 0) is 37.5 Å². The Balaban J connectivity index is 1.61. The lowest BCUT2D eigenvalue weighted by atomic mass is 9.95. The summed E-state index contributed by atoms with van der Waals surface area (Å²) in [5, 5.41) is 4.15. The molecule has 0 radical (unpaired) electrons. The molecule has 1 aliphatic carbocycles. The zero-order valence-electron chi connectivity index (χ0n) is 20.3. The molecule has 0 aliphatic heterocycles. The van der Waals surface area contributed by atoms with Gasteiger partial charge in [-0.15, -0.1) is 0 Å². The van der Waals surface area contributed by atoms with Crippen LogP contribution in [0.2, 0.25) is 0 Å². The normalized spacial score (nSPS) is 14.2. The van der Waals surface area contributed by atoms with Crippen LogP contribution in [0.25, 0.3) is 10.9 Å². The van der Waals surface area contributed by atoms with Crippen LogP contribution >= 0.6 is 11.8 Å². The Morgan fingerprint density at radius 3 is 2.54 bits per heavy atom. The van der Waals surface area contributed by atoms with E-state index in [4.69, 9.17) is 4.98 Å². The van der Waals surface area contributed by atoms with Gasteiger partial charge in [0.15, 0.2) is 10.9 Å². The Morgan fingerprint density at radius 2 is 1.80 bits per heavy atom. The minimum atomic E-state index is -0.125. The highest BCUT2D eigenvalue weighted by atomic mass is 32.2. The molecule has 1 saturated carbocycles. The predicted octanol–water partition coefficient (Wildman–Crippen LogP) is 5.62. The number of nitrogens with one attached hydrogen (secondary N) is 1. The molecule has 184 valence electrons. The summed E-state index contributed by atoms with van der Waals surface area (Å²) in [5.74, 6) is 0.0595. The van der Waals surface area contributed by atoms with Crippen LogP contribution in [-0.4, -0.2) is 33.0 Å². The molecule has 7 heteroatoms. The predicted molar refractivity (Wildman–Crippen MR) is 141 cm³/mol. The van der Waals surface area contributed by atoms with Crippen molar-refractivity contribution in [1.82, 2.24) is 14.9 Å². The van der Waals surface area contributed by atoms with Crippen molar-refractivity contribution in [3.63, 3.8) is 0 Å². The first-order chi connectivity index (χ1) is 17.1. The average molecular weight is 492 g/mol. The molecule has 1 heterocycles. The van der Waals surface area contributed by atoms with Gasteiger partial charge in [0.25, 0.3) is 11.5 Å². The van der Waals surface area contributed by atoms with Gasteiger partial charge in [0, 0.05) is 23.7 Å². The van der Waals surface area contributed by atoms with Gasteiger partial charge in [-0.3, -0.25) is 19.0 Å². The van der Waals surface area contributed by atoms with Crippen molar-refractivity contribution < 1.29 is 9.59 Å². The zero-order chi connectivity index (χ0) is 24.6. The van der Waals surface area contributed by atoms with Gasteiger partial charge in [-0.25, -0.2) is 4.98 Å². The summed E-state index contributed by atoms with van der Waals surface area (Å²) < 4.78 is 1.68. The molecule has 6 nitrogen and oxygen atoms in total. The number of hydrogen-bond donors (Lipinski definition) is 1. The molecule has 2 aromatic carbocycles. The van der Waals surface area contributed by atoms with Crippen LogP contribution in [0.5, 0.6) is 0 Å². The van der Waals surface area contributed by atoms with E-state index >= 15 is 0 Å². The monoisotopic (exact) mass is 491 g/mol. The number of carbonyl (C=O) groups excluding carboxylic acids is 2. The largest absolute Gasteiger partial charge is 0.349 e. The molecular weight excluding hydrogens is 458 g/mol. The van der Waals surface area contributed by atoms with E-state index in [0.29, 0.717) is 33.7 Å². The van der Waals surface area contributed by atoms with E-state index in [1.54, 1.807) is 34.9 Å². The summed E-state index contributed by atoms with van der Waals surface area (Å²) in [6, 6.07) is 14.5. The van der Waals surface area contributed by atoms with Crippen LogP contribution in [0, 0.1) is 0 Å². The smallest absolute Gasteiger partial charge is 0.262 e. The van der Waals surface area contributed by atoms with Crippen LogP contribution in [0.4, 0.5) is 0 Å². The molecule has 1 aliphatic rings. The number of hydrogen-bond acceptors (Lipinski definition) is 5. The van der Waals surface area contributed by atoms with Gasteiger partial charge in [0.2, 0.25) is 0 Å². The maximum atomic E-state index is 13.4. The van der Waals surface area contributed by atoms with Crippen molar-refractivity contribution in [2.24, 2.45) is 0 Å². The van der Waals surface area contributed by atoms with Crippen molar-refractivity contribution in [2.75, 3.05) is 5.75 Å². The second-order valence-corrected chi connectivity index (χ2v) is 10.1. The molecule has 0 bridgehead atoms. The Bertz CT molecular complexity index is 1230. The second kappa shape index (κ2) is 12.2. The molecular formula is C28H33N3O3S. The van der Waals surface area contributed by atoms with Crippen molar-refractivity contribution in [3.05, 3.63) is 70.0 Å². The highest BCUT2D eigenvalue weighted by molar-refractivity contribution is 7.99. The summed E-state index contributed by atoms with van der Waals surface area (Å²) in [7, 11) is 0. The lowest BCUT2D eigenvalue weighted by Gasteiger charge is -2.22. The minimum absolute atomic E-state index is 0.00864. The van der Waals surface area contributed by atoms with Crippen molar-refractivity contribution >= 4 is 34.4 Å². The van der Waals surface area contributed by atoms with Gasteiger partial charge in [-0.2, -0.15) is 0 Å². The van der Waals surface area contributed by atoms with Gasteiger partial charge in [0.05, 0.1) is 16.7 Å². The van der Waals surface area contributed by atoms with E-state index in [1.807, 2.05) is 18.2 Å². The molecule has 1 aromatic heterocycles. The van der Waals surface area contributed by atoms with Gasteiger partial charge in [0.1, 0.15) is 0 Å². The van der Waals surface area contributed by atoms with E-state index in [0.717, 1.165) is 44.9 Å². The van der Waals surface area contributed by atoms with Gasteiger partial charge < -0.3 is 5.32 Å². The second-order valence-electron chi connectivity index (χ2n) is 9.18. The van der Waals surface area contributed by atoms with Crippen molar-refractivity contribution in [1.29, 1.82) is 0 Å². The minimum Gasteiger partial charge on any atom is -0.349 e. The molecule has 1 fully saturated rings. The molecule has 3 aromatic rings. The maximum Gasteiger partial charge on any atom is 0.262 e. The van der Waals surface area contributed by atoms with Crippen LogP contribution in [0.15, 0.2) is 58.5 Å². The summed E-state index contributed by atoms with van der Waals surface area (Å²) in [6.07, 6.45) is 8.46. The van der Waals surface area contributed by atoms with Gasteiger partial charge in [-0.1, -0.05) is 81.1 Å². The first-order valence-corrected chi connectivity index (χ1v) is 13.6. The summed E-state index contributed by atoms with van der Waals surface area (Å²) in [6.45, 7) is 2.68. The highest BCUT2D eigenvalue weighted by Crippen LogP contribution is 2.22. The fourth-order valence-electron chi connectivity index (χ4n) is 4.52. The summed E-state index contributed by atoms with van der Waals surface area (Å²) >= 11 is 1.28. The Labute approximate surface area is 210 Å². The number of Topliss-reactive ketones (excluding diaryl/α,β-unsaturated/α-hetero) is 1. The number of thioether (sulfide) groups is 1. The number of nitrogens with zero attached hydrogens (tertiary/aromatic N) is 2. The number of fused-ring (bicyclic) bond motifs is 1. The van der Waals surface area contributed by atoms with E-state index < -0.39 is 0 Å². The highest BCUT2D eigenvalue weighted by Gasteiger charge is 2.19. The third kappa shape index (κ3) is 6.40. The van der Waals surface area contributed by atoms with E-state index in [2.05, 4.69) is 12.2 Å². The molecule has 0 saturated heterocycles. The van der Waals surface area contributed by atoms with Crippen molar-refractivity contribution in [2.45, 2.75) is 76.0 Å². The average Bonchev–Trinajstić information content (AvgIpc) is 2.89. The Morgan fingerprint density at radius 1 is 1.03 bits per heavy atom. The number of rotatable bonds is 10. The van der Waals surface area contributed by atoms with Crippen molar-refractivity contribution in [3.8, 4) is 0 Å². The van der Waals surface area contributed by atoms with E-state index in [1.165, 1.54) is 18.2 Å². The number of carbonyl (C=O) groups is 2. The molecule has 35 heavy (non-hydrogen) atoms. The summed E-state index contributed by atoms with van der Waals surface area (Å²) in [4.78, 5) is 43.7. The molecule has 0 atom stereocenters. The van der Waals surface area contributed by atoms with E-state index in [-0.39, 0.29) is 29.0 Å². The van der Waals surface area contributed by atoms with Crippen LogP contribution in [-0.2, 0) is 6.54 Å². The Hall–Kier alpha value is -2.93. The zero-order valence-corrected chi connectivity index (χ0v) is 21.1. The fraction of sp³-hybridized carbons (Fsp3) is 0.429. The molecule has 0 spiro atoms. The van der Waals surface area contributed by atoms with Crippen LogP contribution in [0.3, 0.4) is 0 Å². The Kier molecular flexibility index (Phi) is 8.74. The summed E-state index contributed by atoms with van der Waals surface area (Å²) in [5.41, 5.74) is 1.52. The number of ketones is 1. The first kappa shape index (κ1) is 25.2. The lowest BCUT2D eigenvalue weighted by molar-refractivity contribution is 0.0927. The first-order valence-electron chi connectivity index (χ1n) is 12.6. The molecule has 4 rings (SSSR count). The molecule has 1 N–H and O–H groups in total. The van der Waals surface area contributed by atoms with Gasteiger partial charge >= 0.3 is 0 Å². The van der Waals surface area contributed by atoms with Crippen LogP contribution < -0.4 is 10.9 Å². The molecule has 1 amide bonds. The molecule has 0 unspecified atom stereocenters. The van der Waals surface area contributed by atoms with E-state index in [9.17, 15) is 14.4 Å². The number of unbranched alkanes of at least 4 members (excludes halogenated alkanes) is 2.